The third-order valence-electron chi connectivity index (χ3n) is 6.27. The lowest BCUT2D eigenvalue weighted by atomic mass is 9.95. The van der Waals surface area contributed by atoms with Crippen LogP contribution >= 0.6 is 50.9 Å². The van der Waals surface area contributed by atoms with Crippen LogP contribution in [-0.2, 0) is 21.9 Å². The molecule has 1 aliphatic rings. The van der Waals surface area contributed by atoms with Gasteiger partial charge in [0, 0.05) is 31.5 Å². The molecule has 41 heavy (non-hydrogen) atoms. The number of thioether (sulfide) groups is 1. The number of fused-ring (bicyclic) bond motifs is 1. The first-order valence-electron chi connectivity index (χ1n) is 12.6. The van der Waals surface area contributed by atoms with Gasteiger partial charge in [-0.1, -0.05) is 93.9 Å². The zero-order chi connectivity index (χ0) is 28.9. The van der Waals surface area contributed by atoms with Crippen LogP contribution < -0.4 is 10.1 Å². The second-order valence-corrected chi connectivity index (χ2v) is 11.8. The van der Waals surface area contributed by atoms with Gasteiger partial charge in [-0.05, 0) is 54.4 Å². The number of benzene rings is 3. The van der Waals surface area contributed by atoms with E-state index in [0.29, 0.717) is 56.1 Å². The van der Waals surface area contributed by atoms with Gasteiger partial charge in [-0.25, -0.2) is 9.48 Å². The number of hydrogen-bond donors (Lipinski definition) is 1. The van der Waals surface area contributed by atoms with Gasteiger partial charge < -0.3 is 14.8 Å². The Morgan fingerprint density at radius 1 is 1.17 bits per heavy atom. The molecule has 210 valence electrons. The molecule has 11 heteroatoms. The minimum Gasteiger partial charge on any atom is -0.489 e. The van der Waals surface area contributed by atoms with Crippen LogP contribution in [0.2, 0.25) is 10.0 Å². The summed E-state index contributed by atoms with van der Waals surface area (Å²) in [5.74, 6) is 1.18. The van der Waals surface area contributed by atoms with E-state index in [9.17, 15) is 4.79 Å². The second-order valence-electron chi connectivity index (χ2n) is 9.09. The van der Waals surface area contributed by atoms with Gasteiger partial charge >= 0.3 is 5.97 Å². The first kappa shape index (κ1) is 29.3. The van der Waals surface area contributed by atoms with Crippen molar-refractivity contribution >= 4 is 62.8 Å². The largest absolute Gasteiger partial charge is 0.489 e. The van der Waals surface area contributed by atoms with Crippen molar-refractivity contribution in [3.8, 4) is 5.75 Å². The molecule has 0 spiro atoms. The van der Waals surface area contributed by atoms with Crippen molar-refractivity contribution in [2.45, 2.75) is 30.5 Å². The zero-order valence-corrected chi connectivity index (χ0v) is 25.9. The van der Waals surface area contributed by atoms with Crippen LogP contribution in [0.15, 0.2) is 100 Å². The number of allylic oxidation sites excluding steroid dienone is 1. The summed E-state index contributed by atoms with van der Waals surface area (Å²) >= 11 is 17.5. The van der Waals surface area contributed by atoms with Gasteiger partial charge in [0.1, 0.15) is 25.0 Å². The van der Waals surface area contributed by atoms with Gasteiger partial charge in [0.05, 0.1) is 5.57 Å². The van der Waals surface area contributed by atoms with Crippen LogP contribution in [0.1, 0.15) is 29.7 Å². The Morgan fingerprint density at radius 3 is 2.71 bits per heavy atom. The van der Waals surface area contributed by atoms with Crippen LogP contribution in [0, 0.1) is 0 Å². The van der Waals surface area contributed by atoms with E-state index in [-0.39, 0.29) is 6.61 Å². The molecule has 7 nitrogen and oxygen atoms in total. The third-order valence-corrected chi connectivity index (χ3v) is 8.27. The Hall–Kier alpha value is -3.24. The molecule has 1 atom stereocenters. The number of aromatic nitrogens is 3. The van der Waals surface area contributed by atoms with E-state index in [2.05, 4.69) is 27.8 Å². The first-order chi connectivity index (χ1) is 19.8. The highest BCUT2D eigenvalue weighted by Crippen LogP contribution is 2.42. The summed E-state index contributed by atoms with van der Waals surface area (Å²) in [5.41, 5.74) is 3.64. The average Bonchev–Trinajstić information content (AvgIpc) is 3.37. The monoisotopic (exact) mass is 670 g/mol. The predicted octanol–water partition coefficient (Wildman–Crippen LogP) is 8.24. The lowest BCUT2D eigenvalue weighted by Crippen LogP contribution is -2.30. The molecule has 4 aromatic rings. The molecule has 0 aliphatic carbocycles. The van der Waals surface area contributed by atoms with E-state index in [0.717, 1.165) is 15.6 Å². The van der Waals surface area contributed by atoms with E-state index >= 15 is 0 Å². The molecule has 0 radical (unpaired) electrons. The molecular weight excluding hydrogens is 647 g/mol. The summed E-state index contributed by atoms with van der Waals surface area (Å²) in [7, 11) is 0. The van der Waals surface area contributed by atoms with Crippen molar-refractivity contribution in [3.05, 3.63) is 122 Å². The van der Waals surface area contributed by atoms with E-state index in [1.165, 1.54) is 17.8 Å². The molecule has 5 rings (SSSR count). The van der Waals surface area contributed by atoms with Crippen molar-refractivity contribution in [1.29, 1.82) is 0 Å². The zero-order valence-electron chi connectivity index (χ0n) is 21.9. The molecule has 0 saturated carbocycles. The summed E-state index contributed by atoms with van der Waals surface area (Å²) in [4.78, 5) is 18.1. The van der Waals surface area contributed by atoms with Gasteiger partial charge in [0.2, 0.25) is 11.1 Å². The second kappa shape index (κ2) is 13.2. The summed E-state index contributed by atoms with van der Waals surface area (Å²) in [5, 5.41) is 9.91. The summed E-state index contributed by atoms with van der Waals surface area (Å²) < 4.78 is 14.3. The average molecular weight is 672 g/mol. The first-order valence-corrected chi connectivity index (χ1v) is 15.1. The summed E-state index contributed by atoms with van der Waals surface area (Å²) in [6, 6.07) is 20.1. The minimum absolute atomic E-state index is 0.0733. The fourth-order valence-electron chi connectivity index (χ4n) is 4.32. The maximum absolute atomic E-state index is 13.4. The number of nitrogens with zero attached hydrogens (tertiary/aromatic N) is 3. The minimum atomic E-state index is -0.677. The van der Waals surface area contributed by atoms with Gasteiger partial charge in [0.25, 0.3) is 0 Å². The number of hydrogen-bond acceptors (Lipinski definition) is 7. The highest BCUT2D eigenvalue weighted by Gasteiger charge is 2.37. The van der Waals surface area contributed by atoms with Crippen molar-refractivity contribution in [3.63, 3.8) is 0 Å². The molecule has 1 aromatic heterocycles. The van der Waals surface area contributed by atoms with Crippen LogP contribution in [0.25, 0.3) is 0 Å². The SMILES string of the molecule is C=CCOC(=O)C1=C(C)Nc2nc(SCc3ccccc3Cl)nn2C1c1cc(Br)ccc1OCc1ccc(Cl)cc1. The molecule has 0 saturated heterocycles. The fraction of sp³-hybridized carbons (Fsp3) is 0.167. The Balaban J connectivity index is 1.53. The summed E-state index contributed by atoms with van der Waals surface area (Å²) in [6.45, 7) is 5.86. The lowest BCUT2D eigenvalue weighted by Gasteiger charge is -2.29. The number of carbonyl (C=O) groups is 1. The molecule has 1 N–H and O–H groups in total. The number of nitrogens with one attached hydrogen (secondary N) is 1. The van der Waals surface area contributed by atoms with E-state index in [1.807, 2.05) is 73.7 Å². The van der Waals surface area contributed by atoms with Gasteiger partial charge in [0.15, 0.2) is 0 Å². The Morgan fingerprint density at radius 2 is 1.95 bits per heavy atom. The molecule has 0 fully saturated rings. The van der Waals surface area contributed by atoms with Crippen molar-refractivity contribution in [1.82, 2.24) is 14.8 Å². The lowest BCUT2D eigenvalue weighted by molar-refractivity contribution is -0.138. The van der Waals surface area contributed by atoms with E-state index in [4.69, 9.17) is 42.8 Å². The summed E-state index contributed by atoms with van der Waals surface area (Å²) in [6.07, 6.45) is 1.53. The third kappa shape index (κ3) is 6.81. The molecular formula is C30H25BrCl2N4O3S. The maximum Gasteiger partial charge on any atom is 0.338 e. The van der Waals surface area contributed by atoms with E-state index < -0.39 is 12.0 Å². The standard InChI is InChI=1S/C30H25BrCl2N4O3S/c1-3-14-39-28(38)26-18(2)34-29-35-30(41-17-20-6-4-5-7-24(20)33)36-37(29)27(26)23-15-21(31)10-13-25(23)40-16-19-8-11-22(32)12-9-19/h3-13,15,27H,1,14,16-17H2,2H3,(H,34,35,36). The van der Waals surface area contributed by atoms with Crippen molar-refractivity contribution in [2.75, 3.05) is 11.9 Å². The number of anilines is 1. The highest BCUT2D eigenvalue weighted by molar-refractivity contribution is 9.10. The molecule has 3 aromatic carbocycles. The number of rotatable bonds is 10. The van der Waals surface area contributed by atoms with Gasteiger partial charge in [-0.15, -0.1) is 5.10 Å². The predicted molar refractivity (Wildman–Crippen MR) is 167 cm³/mol. The van der Waals surface area contributed by atoms with Gasteiger partial charge in [-0.2, -0.15) is 4.98 Å². The highest BCUT2D eigenvalue weighted by atomic mass is 79.9. The maximum atomic E-state index is 13.4. The smallest absolute Gasteiger partial charge is 0.338 e. The van der Waals surface area contributed by atoms with Crippen molar-refractivity contribution < 1.29 is 14.3 Å². The number of halogens is 3. The normalized spacial score (nSPS) is 14.3. The number of esters is 1. The molecule has 0 amide bonds. The van der Waals surface area contributed by atoms with Crippen molar-refractivity contribution in [2.24, 2.45) is 0 Å². The molecule has 1 unspecified atom stereocenters. The van der Waals surface area contributed by atoms with E-state index in [1.54, 1.807) is 4.68 Å². The number of ether oxygens (including phenoxy) is 2. The topological polar surface area (TPSA) is 78.3 Å². The Kier molecular flexibility index (Phi) is 9.39. The number of carbonyl (C=O) groups excluding carboxylic acids is 1. The molecule has 1 aliphatic heterocycles. The quantitative estimate of drug-likeness (QED) is 0.103. The van der Waals surface area contributed by atoms with Gasteiger partial charge in [-0.3, -0.25) is 0 Å². The molecule has 2 heterocycles. The fourth-order valence-corrected chi connectivity index (χ4v) is 5.94. The van der Waals surface area contributed by atoms with Crippen LogP contribution in [-0.4, -0.2) is 27.3 Å². The Bertz CT molecular complexity index is 1620. The van der Waals surface area contributed by atoms with Crippen LogP contribution in [0.4, 0.5) is 5.95 Å². The van der Waals surface area contributed by atoms with Crippen LogP contribution in [0.3, 0.4) is 0 Å². The molecule has 0 bridgehead atoms. The van der Waals surface area contributed by atoms with Crippen LogP contribution in [0.5, 0.6) is 5.75 Å². The Labute approximate surface area is 260 Å².